The van der Waals surface area contributed by atoms with Crippen LogP contribution in [0.5, 0.6) is 0 Å². The third-order valence-corrected chi connectivity index (χ3v) is 2.83. The molecule has 6 heteroatoms. The smallest absolute Gasteiger partial charge is 0.325 e. The molecule has 0 aromatic heterocycles. The molecule has 0 spiro atoms. The van der Waals surface area contributed by atoms with Crippen molar-refractivity contribution in [2.45, 2.75) is 13.3 Å². The monoisotopic (exact) mass is 284 g/mol. The zero-order chi connectivity index (χ0) is 14.4. The van der Waals surface area contributed by atoms with E-state index >= 15 is 0 Å². The number of anilines is 1. The number of hydrogen-bond acceptors (Lipinski definition) is 4. The number of hydrogen-bond donors (Lipinski definition) is 1. The molecule has 104 valence electrons. The van der Waals surface area contributed by atoms with Crippen molar-refractivity contribution < 1.29 is 13.9 Å². The van der Waals surface area contributed by atoms with Gasteiger partial charge in [-0.05, 0) is 24.6 Å². The van der Waals surface area contributed by atoms with E-state index in [1.165, 1.54) is 19.2 Å². The molecule has 0 heterocycles. The number of methoxy groups -OCH3 is 1. The molecule has 1 aromatic carbocycles. The van der Waals surface area contributed by atoms with Crippen molar-refractivity contribution in [2.75, 3.05) is 25.1 Å². The predicted molar refractivity (Wildman–Crippen MR) is 76.8 cm³/mol. The Morgan fingerprint density at radius 2 is 2.21 bits per heavy atom. The standard InChI is InChI=1S/C13H17FN2O2S/c1-3-6-16(8-12(17)18-2)11-5-4-9(14)7-10(11)13(15)19/h4-5,7H,3,6,8H2,1-2H3,(H2,15,19). The summed E-state index contributed by atoms with van der Waals surface area (Å²) in [6.07, 6.45) is 0.825. The van der Waals surface area contributed by atoms with Crippen molar-refractivity contribution in [1.82, 2.24) is 0 Å². The number of ether oxygens (including phenoxy) is 1. The highest BCUT2D eigenvalue weighted by atomic mass is 32.1. The highest BCUT2D eigenvalue weighted by Gasteiger charge is 2.16. The summed E-state index contributed by atoms with van der Waals surface area (Å²) in [7, 11) is 1.32. The second kappa shape index (κ2) is 7.04. The quantitative estimate of drug-likeness (QED) is 0.638. The minimum Gasteiger partial charge on any atom is -0.468 e. The molecular formula is C13H17FN2O2S. The fraction of sp³-hybridized carbons (Fsp3) is 0.385. The summed E-state index contributed by atoms with van der Waals surface area (Å²) in [5.74, 6) is -0.785. The van der Waals surface area contributed by atoms with E-state index in [1.54, 1.807) is 11.0 Å². The van der Waals surface area contributed by atoms with Crippen molar-refractivity contribution in [3.8, 4) is 0 Å². The molecule has 2 N–H and O–H groups in total. The number of nitrogens with zero attached hydrogens (tertiary/aromatic N) is 1. The van der Waals surface area contributed by atoms with E-state index in [0.29, 0.717) is 17.8 Å². The SMILES string of the molecule is CCCN(CC(=O)OC)c1ccc(F)cc1C(N)=S. The molecule has 0 unspecified atom stereocenters. The molecule has 0 aliphatic rings. The van der Waals surface area contributed by atoms with Crippen LogP contribution in [-0.2, 0) is 9.53 Å². The van der Waals surface area contributed by atoms with Gasteiger partial charge >= 0.3 is 5.97 Å². The average molecular weight is 284 g/mol. The van der Waals surface area contributed by atoms with Gasteiger partial charge in [0.15, 0.2) is 0 Å². The van der Waals surface area contributed by atoms with Crippen molar-refractivity contribution in [3.05, 3.63) is 29.6 Å². The molecule has 0 radical (unpaired) electrons. The van der Waals surface area contributed by atoms with E-state index in [0.717, 1.165) is 6.42 Å². The first-order valence-corrected chi connectivity index (χ1v) is 6.31. The van der Waals surface area contributed by atoms with Gasteiger partial charge in [0.25, 0.3) is 0 Å². The largest absolute Gasteiger partial charge is 0.468 e. The van der Waals surface area contributed by atoms with Gasteiger partial charge < -0.3 is 15.4 Å². The maximum Gasteiger partial charge on any atom is 0.325 e. The lowest BCUT2D eigenvalue weighted by molar-refractivity contribution is -0.138. The van der Waals surface area contributed by atoms with Gasteiger partial charge in [-0.25, -0.2) is 4.39 Å². The van der Waals surface area contributed by atoms with E-state index in [2.05, 4.69) is 4.74 Å². The Morgan fingerprint density at radius 1 is 1.53 bits per heavy atom. The number of carbonyl (C=O) groups is 1. The molecule has 1 aromatic rings. The Kier molecular flexibility index (Phi) is 5.69. The lowest BCUT2D eigenvalue weighted by atomic mass is 10.1. The maximum absolute atomic E-state index is 13.3. The Balaban J connectivity index is 3.14. The van der Waals surface area contributed by atoms with Crippen LogP contribution < -0.4 is 10.6 Å². The minimum atomic E-state index is -0.416. The van der Waals surface area contributed by atoms with Crippen LogP contribution in [0.4, 0.5) is 10.1 Å². The molecule has 0 bridgehead atoms. The molecule has 0 aliphatic carbocycles. The Labute approximate surface area is 117 Å². The first kappa shape index (κ1) is 15.4. The van der Waals surface area contributed by atoms with Crippen LogP contribution in [0.2, 0.25) is 0 Å². The molecule has 0 saturated heterocycles. The summed E-state index contributed by atoms with van der Waals surface area (Å²) in [4.78, 5) is 13.3. The van der Waals surface area contributed by atoms with Gasteiger partial charge in [0.05, 0.1) is 7.11 Å². The Morgan fingerprint density at radius 3 is 2.74 bits per heavy atom. The lowest BCUT2D eigenvalue weighted by Gasteiger charge is -2.25. The van der Waals surface area contributed by atoms with Crippen LogP contribution in [0.3, 0.4) is 0 Å². The average Bonchev–Trinajstić information content (AvgIpc) is 2.38. The predicted octanol–water partition coefficient (Wildman–Crippen LogP) is 1.85. The molecule has 0 atom stereocenters. The van der Waals surface area contributed by atoms with Crippen LogP contribution in [-0.4, -0.2) is 31.2 Å². The summed E-state index contributed by atoms with van der Waals surface area (Å²) >= 11 is 4.92. The first-order chi connectivity index (χ1) is 8.99. The molecule has 0 saturated carbocycles. The molecular weight excluding hydrogens is 267 g/mol. The molecule has 19 heavy (non-hydrogen) atoms. The molecule has 4 nitrogen and oxygen atoms in total. The third kappa shape index (κ3) is 4.17. The van der Waals surface area contributed by atoms with Crippen LogP contribution in [0.25, 0.3) is 0 Å². The second-order valence-corrected chi connectivity index (χ2v) is 4.46. The molecule has 1 rings (SSSR count). The number of esters is 1. The van der Waals surface area contributed by atoms with Crippen molar-refractivity contribution in [1.29, 1.82) is 0 Å². The van der Waals surface area contributed by atoms with Crippen LogP contribution >= 0.6 is 12.2 Å². The molecule has 0 aliphatic heterocycles. The van der Waals surface area contributed by atoms with Gasteiger partial charge in [-0.1, -0.05) is 19.1 Å². The number of halogens is 1. The summed E-state index contributed by atoms with van der Waals surface area (Å²) < 4.78 is 17.9. The fourth-order valence-electron chi connectivity index (χ4n) is 1.76. The zero-order valence-electron chi connectivity index (χ0n) is 11.0. The third-order valence-electron chi connectivity index (χ3n) is 2.61. The highest BCUT2D eigenvalue weighted by Crippen LogP contribution is 2.22. The van der Waals surface area contributed by atoms with Crippen molar-refractivity contribution >= 4 is 28.9 Å². The van der Waals surface area contributed by atoms with Crippen LogP contribution in [0.1, 0.15) is 18.9 Å². The van der Waals surface area contributed by atoms with Gasteiger partial charge in [-0.3, -0.25) is 4.79 Å². The van der Waals surface area contributed by atoms with Crippen LogP contribution in [0, 0.1) is 5.82 Å². The van der Waals surface area contributed by atoms with E-state index in [1.807, 2.05) is 6.92 Å². The van der Waals surface area contributed by atoms with E-state index in [4.69, 9.17) is 18.0 Å². The van der Waals surface area contributed by atoms with Crippen molar-refractivity contribution in [2.24, 2.45) is 5.73 Å². The summed E-state index contributed by atoms with van der Waals surface area (Å²) in [6, 6.07) is 4.16. The molecule has 0 fully saturated rings. The summed E-state index contributed by atoms with van der Waals surface area (Å²) in [5, 5.41) is 0. The number of nitrogens with two attached hydrogens (primary N) is 1. The minimum absolute atomic E-state index is 0.0750. The Bertz CT molecular complexity index is 480. The first-order valence-electron chi connectivity index (χ1n) is 5.90. The number of rotatable bonds is 6. The zero-order valence-corrected chi connectivity index (χ0v) is 11.8. The number of carbonyl (C=O) groups excluding carboxylic acids is 1. The van der Waals surface area contributed by atoms with E-state index in [-0.39, 0.29) is 17.5 Å². The highest BCUT2D eigenvalue weighted by molar-refractivity contribution is 7.80. The van der Waals surface area contributed by atoms with Gasteiger partial charge in [-0.15, -0.1) is 0 Å². The van der Waals surface area contributed by atoms with Gasteiger partial charge in [0.2, 0.25) is 0 Å². The topological polar surface area (TPSA) is 55.6 Å². The van der Waals surface area contributed by atoms with Crippen LogP contribution in [0.15, 0.2) is 18.2 Å². The summed E-state index contributed by atoms with van der Waals surface area (Å²) in [6.45, 7) is 2.68. The molecule has 0 amide bonds. The lowest BCUT2D eigenvalue weighted by Crippen LogP contribution is -2.33. The van der Waals surface area contributed by atoms with E-state index < -0.39 is 5.82 Å². The number of benzene rings is 1. The maximum atomic E-state index is 13.3. The fourth-order valence-corrected chi connectivity index (χ4v) is 1.92. The number of thiocarbonyl (C=S) groups is 1. The van der Waals surface area contributed by atoms with E-state index in [9.17, 15) is 9.18 Å². The van der Waals surface area contributed by atoms with Crippen molar-refractivity contribution in [3.63, 3.8) is 0 Å². The Hall–Kier alpha value is -1.69. The van der Waals surface area contributed by atoms with Gasteiger partial charge in [0, 0.05) is 17.8 Å². The van der Waals surface area contributed by atoms with Gasteiger partial charge in [0.1, 0.15) is 17.4 Å². The normalized spacial score (nSPS) is 10.1. The van der Waals surface area contributed by atoms with Gasteiger partial charge in [-0.2, -0.15) is 0 Å². The summed E-state index contributed by atoms with van der Waals surface area (Å²) in [5.41, 5.74) is 6.67. The second-order valence-electron chi connectivity index (χ2n) is 4.02.